The predicted molar refractivity (Wildman–Crippen MR) is 60.5 cm³/mol. The first kappa shape index (κ1) is 10.5. The third-order valence-corrected chi connectivity index (χ3v) is 2.81. The third kappa shape index (κ3) is 2.15. The van der Waals surface area contributed by atoms with Gasteiger partial charge in [0.25, 0.3) is 0 Å². The van der Waals surface area contributed by atoms with Gasteiger partial charge >= 0.3 is 0 Å². The average Bonchev–Trinajstić information content (AvgIpc) is 2.57. The first-order valence-electron chi connectivity index (χ1n) is 5.55. The highest BCUT2D eigenvalue weighted by Crippen LogP contribution is 2.32. The Morgan fingerprint density at radius 1 is 1.40 bits per heavy atom. The molecule has 0 bridgehead atoms. The van der Waals surface area contributed by atoms with Gasteiger partial charge in [0.15, 0.2) is 0 Å². The van der Waals surface area contributed by atoms with Gasteiger partial charge in [-0.2, -0.15) is 0 Å². The Morgan fingerprint density at radius 3 is 2.93 bits per heavy atom. The molecule has 1 atom stereocenters. The summed E-state index contributed by atoms with van der Waals surface area (Å²) >= 11 is 0. The summed E-state index contributed by atoms with van der Waals surface area (Å²) in [4.78, 5) is 0. The molecule has 0 N–H and O–H groups in total. The number of rotatable bonds is 3. The normalized spacial score (nSPS) is 18.7. The Kier molecular flexibility index (Phi) is 2.96. The molecule has 2 heteroatoms. The van der Waals surface area contributed by atoms with Crippen molar-refractivity contribution in [2.75, 3.05) is 13.2 Å². The summed E-state index contributed by atoms with van der Waals surface area (Å²) in [6, 6.07) is 4.33. The van der Waals surface area contributed by atoms with Gasteiger partial charge in [0, 0.05) is 18.6 Å². The van der Waals surface area contributed by atoms with E-state index in [0.29, 0.717) is 6.61 Å². The number of benzene rings is 1. The Morgan fingerprint density at radius 2 is 2.20 bits per heavy atom. The number of hydrogen-bond donors (Lipinski definition) is 0. The summed E-state index contributed by atoms with van der Waals surface area (Å²) in [6.45, 7) is 7.72. The van der Waals surface area contributed by atoms with E-state index in [1.807, 2.05) is 6.92 Å². The van der Waals surface area contributed by atoms with Crippen molar-refractivity contribution in [1.82, 2.24) is 0 Å². The van der Waals surface area contributed by atoms with E-state index in [0.717, 1.165) is 18.8 Å². The summed E-state index contributed by atoms with van der Waals surface area (Å²) in [5.74, 6) is 1.05. The van der Waals surface area contributed by atoms with Crippen LogP contribution in [0.15, 0.2) is 12.1 Å². The van der Waals surface area contributed by atoms with Crippen molar-refractivity contribution >= 4 is 0 Å². The Labute approximate surface area is 91.2 Å². The van der Waals surface area contributed by atoms with Crippen LogP contribution in [-0.2, 0) is 11.2 Å². The molecule has 0 fully saturated rings. The largest absolute Gasteiger partial charge is 0.487 e. The van der Waals surface area contributed by atoms with Crippen LogP contribution in [0.25, 0.3) is 0 Å². The molecule has 15 heavy (non-hydrogen) atoms. The summed E-state index contributed by atoms with van der Waals surface area (Å²) in [7, 11) is 0. The van der Waals surface area contributed by atoms with Crippen LogP contribution in [0, 0.1) is 13.8 Å². The smallest absolute Gasteiger partial charge is 0.126 e. The first-order chi connectivity index (χ1) is 7.20. The van der Waals surface area contributed by atoms with Gasteiger partial charge in [0.1, 0.15) is 11.9 Å². The lowest BCUT2D eigenvalue weighted by Gasteiger charge is -2.09. The molecule has 1 aliphatic heterocycles. The molecule has 1 unspecified atom stereocenters. The maximum absolute atomic E-state index is 5.85. The highest BCUT2D eigenvalue weighted by molar-refractivity contribution is 5.45. The van der Waals surface area contributed by atoms with Crippen LogP contribution in [0.5, 0.6) is 5.75 Å². The van der Waals surface area contributed by atoms with Gasteiger partial charge in [-0.3, -0.25) is 0 Å². The van der Waals surface area contributed by atoms with Crippen molar-refractivity contribution in [3.8, 4) is 5.75 Å². The van der Waals surface area contributed by atoms with Crippen LogP contribution in [0.1, 0.15) is 23.6 Å². The molecule has 0 saturated heterocycles. The molecular formula is C13H18O2. The molecule has 0 spiro atoms. The molecule has 1 aromatic carbocycles. The lowest BCUT2D eigenvalue weighted by atomic mass is 10.0. The Bertz CT molecular complexity index is 358. The number of hydrogen-bond acceptors (Lipinski definition) is 2. The van der Waals surface area contributed by atoms with Crippen LogP contribution in [-0.4, -0.2) is 19.3 Å². The van der Waals surface area contributed by atoms with Gasteiger partial charge in [0.2, 0.25) is 0 Å². The zero-order valence-corrected chi connectivity index (χ0v) is 9.67. The molecule has 0 aromatic heterocycles. The predicted octanol–water partition coefficient (Wildman–Crippen LogP) is 2.64. The van der Waals surface area contributed by atoms with E-state index in [2.05, 4.69) is 26.0 Å². The fourth-order valence-electron chi connectivity index (χ4n) is 2.12. The monoisotopic (exact) mass is 206 g/mol. The van der Waals surface area contributed by atoms with Gasteiger partial charge < -0.3 is 9.47 Å². The molecule has 82 valence electrons. The number of ether oxygens (including phenoxy) is 2. The van der Waals surface area contributed by atoms with Crippen LogP contribution in [0.2, 0.25) is 0 Å². The number of aryl methyl sites for hydroxylation is 2. The molecule has 0 radical (unpaired) electrons. The van der Waals surface area contributed by atoms with Crippen molar-refractivity contribution < 1.29 is 9.47 Å². The second kappa shape index (κ2) is 4.23. The first-order valence-corrected chi connectivity index (χ1v) is 5.55. The minimum atomic E-state index is 0.209. The summed E-state index contributed by atoms with van der Waals surface area (Å²) in [6.07, 6.45) is 1.20. The summed E-state index contributed by atoms with van der Waals surface area (Å²) in [5, 5.41) is 0. The second-order valence-corrected chi connectivity index (χ2v) is 4.16. The van der Waals surface area contributed by atoms with E-state index in [-0.39, 0.29) is 6.10 Å². The van der Waals surface area contributed by atoms with Gasteiger partial charge in [-0.05, 0) is 38.0 Å². The third-order valence-electron chi connectivity index (χ3n) is 2.81. The van der Waals surface area contributed by atoms with Crippen molar-refractivity contribution in [3.63, 3.8) is 0 Å². The van der Waals surface area contributed by atoms with Crippen LogP contribution < -0.4 is 4.74 Å². The maximum atomic E-state index is 5.85. The Hall–Kier alpha value is -1.02. The molecular weight excluding hydrogens is 188 g/mol. The van der Waals surface area contributed by atoms with E-state index in [4.69, 9.17) is 9.47 Å². The summed E-state index contributed by atoms with van der Waals surface area (Å²) in [5.41, 5.74) is 3.96. The molecule has 1 aliphatic rings. The van der Waals surface area contributed by atoms with Crippen molar-refractivity contribution in [3.05, 3.63) is 28.8 Å². The van der Waals surface area contributed by atoms with Crippen LogP contribution in [0.3, 0.4) is 0 Å². The lowest BCUT2D eigenvalue weighted by molar-refractivity contribution is 0.0678. The molecule has 0 aliphatic carbocycles. The molecule has 0 amide bonds. The molecule has 2 nitrogen and oxygen atoms in total. The minimum absolute atomic E-state index is 0.209. The molecule has 1 aromatic rings. The quantitative estimate of drug-likeness (QED) is 0.757. The van der Waals surface area contributed by atoms with E-state index >= 15 is 0 Å². The fraction of sp³-hybridized carbons (Fsp3) is 0.538. The molecule has 1 heterocycles. The lowest BCUT2D eigenvalue weighted by Crippen LogP contribution is -2.20. The highest BCUT2D eigenvalue weighted by atomic mass is 16.5. The number of fused-ring (bicyclic) bond motifs is 1. The fourth-order valence-corrected chi connectivity index (χ4v) is 2.12. The standard InChI is InChI=1S/C13H18O2/c1-4-14-8-11-7-12-10(3)5-9(2)6-13(12)15-11/h5-6,11H,4,7-8H2,1-3H3. The highest BCUT2D eigenvalue weighted by Gasteiger charge is 2.24. The van der Waals surface area contributed by atoms with Gasteiger partial charge in [-0.1, -0.05) is 6.07 Å². The summed E-state index contributed by atoms with van der Waals surface area (Å²) < 4.78 is 11.2. The zero-order valence-electron chi connectivity index (χ0n) is 9.67. The van der Waals surface area contributed by atoms with E-state index in [1.54, 1.807) is 0 Å². The van der Waals surface area contributed by atoms with Crippen molar-refractivity contribution in [2.24, 2.45) is 0 Å². The average molecular weight is 206 g/mol. The van der Waals surface area contributed by atoms with E-state index < -0.39 is 0 Å². The Balaban J connectivity index is 2.13. The van der Waals surface area contributed by atoms with E-state index in [1.165, 1.54) is 16.7 Å². The van der Waals surface area contributed by atoms with Gasteiger partial charge in [-0.15, -0.1) is 0 Å². The van der Waals surface area contributed by atoms with E-state index in [9.17, 15) is 0 Å². The molecule has 0 saturated carbocycles. The van der Waals surface area contributed by atoms with Crippen molar-refractivity contribution in [1.29, 1.82) is 0 Å². The molecule has 2 rings (SSSR count). The zero-order chi connectivity index (χ0) is 10.8. The maximum Gasteiger partial charge on any atom is 0.126 e. The van der Waals surface area contributed by atoms with Gasteiger partial charge in [0.05, 0.1) is 6.61 Å². The van der Waals surface area contributed by atoms with Crippen LogP contribution >= 0.6 is 0 Å². The topological polar surface area (TPSA) is 18.5 Å². The van der Waals surface area contributed by atoms with Crippen molar-refractivity contribution in [2.45, 2.75) is 33.3 Å². The second-order valence-electron chi connectivity index (χ2n) is 4.16. The SMILES string of the molecule is CCOCC1Cc2c(C)cc(C)cc2O1. The van der Waals surface area contributed by atoms with Crippen LogP contribution in [0.4, 0.5) is 0 Å². The van der Waals surface area contributed by atoms with Gasteiger partial charge in [-0.25, -0.2) is 0 Å². The minimum Gasteiger partial charge on any atom is -0.487 e.